The molecule has 0 fully saturated rings. The molecule has 0 atom stereocenters. The maximum absolute atomic E-state index is 13.1. The van der Waals surface area contributed by atoms with Gasteiger partial charge in [-0.2, -0.15) is 9.40 Å². The first-order valence-electron chi connectivity index (χ1n) is 9.04. The third-order valence-electron chi connectivity index (χ3n) is 4.77. The largest absolute Gasteiger partial charge is 0.494 e. The number of benzene rings is 2. The van der Waals surface area contributed by atoms with Gasteiger partial charge in [0.1, 0.15) is 5.75 Å². The van der Waals surface area contributed by atoms with E-state index in [9.17, 15) is 8.42 Å². The lowest BCUT2D eigenvalue weighted by Crippen LogP contribution is -2.35. The molecule has 0 spiro atoms. The van der Waals surface area contributed by atoms with Gasteiger partial charge in [-0.1, -0.05) is 23.7 Å². The molecule has 0 radical (unpaired) electrons. The van der Waals surface area contributed by atoms with Gasteiger partial charge < -0.3 is 4.74 Å². The van der Waals surface area contributed by atoms with Crippen LogP contribution in [-0.4, -0.2) is 36.1 Å². The Labute approximate surface area is 169 Å². The highest BCUT2D eigenvalue weighted by Gasteiger charge is 2.31. The zero-order valence-electron chi connectivity index (χ0n) is 15.4. The summed E-state index contributed by atoms with van der Waals surface area (Å²) >= 11 is 6.11. The molecule has 8 heteroatoms. The molecule has 0 bridgehead atoms. The number of H-pyrrole nitrogens is 1. The van der Waals surface area contributed by atoms with Crippen molar-refractivity contribution < 1.29 is 13.2 Å². The zero-order valence-corrected chi connectivity index (χ0v) is 16.9. The number of fused-ring (bicyclic) bond motifs is 1. The molecule has 0 unspecified atom stereocenters. The van der Waals surface area contributed by atoms with Crippen molar-refractivity contribution in [1.82, 2.24) is 14.5 Å². The van der Waals surface area contributed by atoms with Crippen LogP contribution >= 0.6 is 11.6 Å². The minimum Gasteiger partial charge on any atom is -0.494 e. The Morgan fingerprint density at radius 2 is 2.00 bits per heavy atom. The molecule has 2 heterocycles. The molecular formula is C20H20ClN3O3S. The molecule has 3 aromatic rings. The Morgan fingerprint density at radius 3 is 2.71 bits per heavy atom. The van der Waals surface area contributed by atoms with Crippen molar-refractivity contribution in [2.24, 2.45) is 0 Å². The fraction of sp³-hybridized carbons (Fsp3) is 0.250. The lowest BCUT2D eigenvalue weighted by Gasteiger charge is -2.26. The Balaban J connectivity index is 1.64. The molecule has 28 heavy (non-hydrogen) atoms. The summed E-state index contributed by atoms with van der Waals surface area (Å²) in [5.74, 6) is 0.653. The van der Waals surface area contributed by atoms with Crippen molar-refractivity contribution in [3.63, 3.8) is 0 Å². The predicted octanol–water partition coefficient (Wildman–Crippen LogP) is 3.88. The fourth-order valence-corrected chi connectivity index (χ4v) is 4.97. The van der Waals surface area contributed by atoms with Crippen LogP contribution in [0.25, 0.3) is 11.3 Å². The van der Waals surface area contributed by atoms with E-state index in [1.165, 1.54) is 4.31 Å². The second-order valence-corrected chi connectivity index (χ2v) is 8.91. The van der Waals surface area contributed by atoms with Gasteiger partial charge in [0, 0.05) is 41.4 Å². The average Bonchev–Trinajstić information content (AvgIpc) is 3.12. The summed E-state index contributed by atoms with van der Waals surface area (Å²) in [5, 5.41) is 8.07. The number of nitrogens with zero attached hydrogens (tertiary/aromatic N) is 2. The fourth-order valence-electron chi connectivity index (χ4n) is 3.37. The van der Waals surface area contributed by atoms with Crippen LogP contribution in [0, 0.1) is 0 Å². The van der Waals surface area contributed by atoms with E-state index in [0.29, 0.717) is 30.3 Å². The first-order valence-corrected chi connectivity index (χ1v) is 10.9. The number of sulfonamides is 1. The Morgan fingerprint density at radius 1 is 1.21 bits per heavy atom. The van der Waals surface area contributed by atoms with Crippen molar-refractivity contribution in [2.75, 3.05) is 13.2 Å². The Hall–Kier alpha value is -2.35. The Kier molecular flexibility index (Phi) is 5.14. The number of aromatic amines is 1. The Bertz CT molecular complexity index is 1090. The summed E-state index contributed by atoms with van der Waals surface area (Å²) in [6, 6.07) is 13.9. The molecule has 146 valence electrons. The quantitative estimate of drug-likeness (QED) is 0.683. The summed E-state index contributed by atoms with van der Waals surface area (Å²) in [5.41, 5.74) is 3.46. The lowest BCUT2D eigenvalue weighted by atomic mass is 10.0. The minimum atomic E-state index is -3.61. The van der Waals surface area contributed by atoms with Gasteiger partial charge in [0.2, 0.25) is 10.0 Å². The van der Waals surface area contributed by atoms with Crippen molar-refractivity contribution in [3.05, 3.63) is 64.8 Å². The lowest BCUT2D eigenvalue weighted by molar-refractivity contribution is 0.340. The molecule has 0 saturated heterocycles. The highest BCUT2D eigenvalue weighted by Crippen LogP contribution is 2.32. The SMILES string of the molecule is CCOc1ccc(S(=O)(=O)N2CCc3[nH]nc(-c4cccc(Cl)c4)c3C2)cc1. The maximum atomic E-state index is 13.1. The number of hydrogen-bond acceptors (Lipinski definition) is 4. The molecular weight excluding hydrogens is 398 g/mol. The second kappa shape index (κ2) is 7.58. The number of ether oxygens (including phenoxy) is 1. The van der Waals surface area contributed by atoms with E-state index in [-0.39, 0.29) is 11.4 Å². The minimum absolute atomic E-state index is 0.257. The standard InChI is InChI=1S/C20H20ClN3O3S/c1-2-27-16-6-8-17(9-7-16)28(25,26)24-11-10-19-18(13-24)20(23-22-19)14-4-3-5-15(21)12-14/h3-9,12H,2,10-11,13H2,1H3,(H,22,23). The van der Waals surface area contributed by atoms with Crippen LogP contribution in [0.5, 0.6) is 5.75 Å². The normalized spacial score (nSPS) is 14.6. The van der Waals surface area contributed by atoms with Gasteiger partial charge in [0.05, 0.1) is 17.2 Å². The van der Waals surface area contributed by atoms with E-state index < -0.39 is 10.0 Å². The first kappa shape index (κ1) is 19.0. The van der Waals surface area contributed by atoms with Gasteiger partial charge in [0.15, 0.2) is 0 Å². The van der Waals surface area contributed by atoms with Gasteiger partial charge in [0.25, 0.3) is 0 Å². The smallest absolute Gasteiger partial charge is 0.243 e. The number of hydrogen-bond donors (Lipinski definition) is 1. The van der Waals surface area contributed by atoms with Crippen LogP contribution in [0.1, 0.15) is 18.2 Å². The highest BCUT2D eigenvalue weighted by molar-refractivity contribution is 7.89. The zero-order chi connectivity index (χ0) is 19.7. The summed E-state index contributed by atoms with van der Waals surface area (Å²) < 4.78 is 33.1. The summed E-state index contributed by atoms with van der Waals surface area (Å²) in [4.78, 5) is 0.257. The molecule has 6 nitrogen and oxygen atoms in total. The average molecular weight is 418 g/mol. The highest BCUT2D eigenvalue weighted by atomic mass is 35.5. The van der Waals surface area contributed by atoms with Crippen LogP contribution in [0.4, 0.5) is 0 Å². The van der Waals surface area contributed by atoms with E-state index in [1.807, 2.05) is 25.1 Å². The third-order valence-corrected chi connectivity index (χ3v) is 6.86. The number of halogens is 1. The van der Waals surface area contributed by atoms with Crippen molar-refractivity contribution in [3.8, 4) is 17.0 Å². The van der Waals surface area contributed by atoms with Crippen LogP contribution in [-0.2, 0) is 23.0 Å². The topological polar surface area (TPSA) is 75.3 Å². The molecule has 0 saturated carbocycles. The molecule has 0 aliphatic carbocycles. The van der Waals surface area contributed by atoms with E-state index in [4.69, 9.17) is 16.3 Å². The van der Waals surface area contributed by atoms with Crippen molar-refractivity contribution in [1.29, 1.82) is 0 Å². The molecule has 4 rings (SSSR count). The monoisotopic (exact) mass is 417 g/mol. The predicted molar refractivity (Wildman–Crippen MR) is 108 cm³/mol. The molecule has 2 aromatic carbocycles. The molecule has 1 aromatic heterocycles. The van der Waals surface area contributed by atoms with Crippen molar-refractivity contribution in [2.45, 2.75) is 24.8 Å². The first-order chi connectivity index (χ1) is 13.5. The van der Waals surface area contributed by atoms with E-state index >= 15 is 0 Å². The van der Waals surface area contributed by atoms with Crippen molar-refractivity contribution >= 4 is 21.6 Å². The van der Waals surface area contributed by atoms with Crippen LogP contribution in [0.15, 0.2) is 53.4 Å². The summed E-state index contributed by atoms with van der Waals surface area (Å²) in [7, 11) is -3.61. The second-order valence-electron chi connectivity index (χ2n) is 6.53. The molecule has 1 aliphatic heterocycles. The van der Waals surface area contributed by atoms with Crippen LogP contribution < -0.4 is 4.74 Å². The maximum Gasteiger partial charge on any atom is 0.243 e. The molecule has 1 N–H and O–H groups in total. The van der Waals surface area contributed by atoms with E-state index in [0.717, 1.165) is 22.5 Å². The third kappa shape index (κ3) is 3.53. The summed E-state index contributed by atoms with van der Waals surface area (Å²) in [6.45, 7) is 3.09. The van der Waals surface area contributed by atoms with Crippen LogP contribution in [0.2, 0.25) is 5.02 Å². The van der Waals surface area contributed by atoms with Crippen LogP contribution in [0.3, 0.4) is 0 Å². The van der Waals surface area contributed by atoms with Gasteiger partial charge in [-0.05, 0) is 43.3 Å². The van der Waals surface area contributed by atoms with Gasteiger partial charge >= 0.3 is 0 Å². The van der Waals surface area contributed by atoms with Gasteiger partial charge in [-0.15, -0.1) is 0 Å². The molecule has 1 aliphatic rings. The number of rotatable bonds is 5. The number of aromatic nitrogens is 2. The summed E-state index contributed by atoms with van der Waals surface area (Å²) in [6.07, 6.45) is 0.582. The van der Waals surface area contributed by atoms with E-state index in [1.54, 1.807) is 30.3 Å². The van der Waals surface area contributed by atoms with E-state index in [2.05, 4.69) is 10.2 Å². The van der Waals surface area contributed by atoms with Gasteiger partial charge in [-0.3, -0.25) is 5.10 Å². The molecule has 0 amide bonds. The number of nitrogens with one attached hydrogen (secondary N) is 1. The van der Waals surface area contributed by atoms with Gasteiger partial charge in [-0.25, -0.2) is 8.42 Å².